The first kappa shape index (κ1) is 13.9. The molecule has 0 aliphatic heterocycles. The summed E-state index contributed by atoms with van der Waals surface area (Å²) < 4.78 is 11.2. The molecule has 3 N–H and O–H groups in total. The second kappa shape index (κ2) is 6.54. The van der Waals surface area contributed by atoms with Gasteiger partial charge in [0.2, 0.25) is 0 Å². The molecule has 0 saturated heterocycles. The highest BCUT2D eigenvalue weighted by atomic mass is 32.2. The van der Waals surface area contributed by atoms with Gasteiger partial charge in [0.15, 0.2) is 0 Å². The van der Waals surface area contributed by atoms with E-state index in [2.05, 4.69) is 15.3 Å². The topological polar surface area (TPSA) is 80.9 Å². The molecule has 2 atom stereocenters. The minimum absolute atomic E-state index is 0.187. The van der Waals surface area contributed by atoms with E-state index in [-0.39, 0.29) is 5.25 Å². The lowest BCUT2D eigenvalue weighted by atomic mass is 10.2. The van der Waals surface area contributed by atoms with Gasteiger partial charge in [0.05, 0.1) is 0 Å². The summed E-state index contributed by atoms with van der Waals surface area (Å²) in [4.78, 5) is 8.13. The van der Waals surface area contributed by atoms with Crippen LogP contribution in [0.1, 0.15) is 25.8 Å². The molecule has 96 valence electrons. The first-order valence-corrected chi connectivity index (χ1v) is 7.33. The summed E-state index contributed by atoms with van der Waals surface area (Å²) in [6.07, 6.45) is 4.82. The highest BCUT2D eigenvalue weighted by Crippen LogP contribution is 2.17. The Morgan fingerprint density at radius 1 is 1.53 bits per heavy atom. The summed E-state index contributed by atoms with van der Waals surface area (Å²) in [5, 5.41) is 3.41. The molecular formula is C11H20N4OS. The van der Waals surface area contributed by atoms with Crippen molar-refractivity contribution in [2.45, 2.75) is 31.9 Å². The second-order valence-electron chi connectivity index (χ2n) is 3.96. The van der Waals surface area contributed by atoms with Gasteiger partial charge < -0.3 is 11.1 Å². The van der Waals surface area contributed by atoms with E-state index in [1.807, 2.05) is 13.8 Å². The van der Waals surface area contributed by atoms with E-state index in [1.165, 1.54) is 6.33 Å². The number of anilines is 2. The third kappa shape index (κ3) is 3.96. The lowest BCUT2D eigenvalue weighted by Crippen LogP contribution is -2.16. The maximum absolute atomic E-state index is 11.2. The van der Waals surface area contributed by atoms with Gasteiger partial charge in [-0.05, 0) is 12.8 Å². The van der Waals surface area contributed by atoms with E-state index in [9.17, 15) is 4.21 Å². The van der Waals surface area contributed by atoms with Gasteiger partial charge in [0.1, 0.15) is 18.0 Å². The average molecular weight is 256 g/mol. The SMILES string of the molecule is CCc1c(N)ncnc1NCCC(C)S(C)=O. The number of nitrogens with two attached hydrogens (primary N) is 1. The molecule has 5 nitrogen and oxygen atoms in total. The highest BCUT2D eigenvalue weighted by molar-refractivity contribution is 7.84. The number of rotatable bonds is 6. The molecule has 0 amide bonds. The lowest BCUT2D eigenvalue weighted by Gasteiger charge is -2.12. The molecule has 1 aromatic rings. The number of aromatic nitrogens is 2. The van der Waals surface area contributed by atoms with E-state index in [0.29, 0.717) is 5.82 Å². The number of nitrogens with zero attached hydrogens (tertiary/aromatic N) is 2. The summed E-state index contributed by atoms with van der Waals surface area (Å²) in [6.45, 7) is 4.74. The van der Waals surface area contributed by atoms with Gasteiger partial charge in [0.25, 0.3) is 0 Å². The van der Waals surface area contributed by atoms with Crippen LogP contribution in [0.15, 0.2) is 6.33 Å². The largest absolute Gasteiger partial charge is 0.383 e. The van der Waals surface area contributed by atoms with Gasteiger partial charge in [-0.25, -0.2) is 9.97 Å². The van der Waals surface area contributed by atoms with Crippen LogP contribution in [0.3, 0.4) is 0 Å². The van der Waals surface area contributed by atoms with Crippen LogP contribution in [0.2, 0.25) is 0 Å². The van der Waals surface area contributed by atoms with Gasteiger partial charge >= 0.3 is 0 Å². The molecular weight excluding hydrogens is 236 g/mol. The summed E-state index contributed by atoms with van der Waals surface area (Å²) in [5.74, 6) is 1.31. The van der Waals surface area contributed by atoms with Crippen LogP contribution in [0.5, 0.6) is 0 Å². The zero-order chi connectivity index (χ0) is 12.8. The van der Waals surface area contributed by atoms with Crippen molar-refractivity contribution in [3.05, 3.63) is 11.9 Å². The van der Waals surface area contributed by atoms with E-state index in [0.717, 1.165) is 30.8 Å². The molecule has 0 saturated carbocycles. The van der Waals surface area contributed by atoms with Crippen LogP contribution in [-0.2, 0) is 17.2 Å². The van der Waals surface area contributed by atoms with Crippen molar-refractivity contribution in [3.63, 3.8) is 0 Å². The van der Waals surface area contributed by atoms with E-state index < -0.39 is 10.8 Å². The maximum Gasteiger partial charge on any atom is 0.134 e. The van der Waals surface area contributed by atoms with Crippen LogP contribution in [0, 0.1) is 0 Å². The summed E-state index contributed by atoms with van der Waals surface area (Å²) in [7, 11) is -0.777. The molecule has 2 unspecified atom stereocenters. The third-order valence-corrected chi connectivity index (χ3v) is 4.11. The fourth-order valence-electron chi connectivity index (χ4n) is 1.49. The first-order valence-electron chi connectivity index (χ1n) is 5.71. The Morgan fingerprint density at radius 2 is 2.24 bits per heavy atom. The van der Waals surface area contributed by atoms with Crippen molar-refractivity contribution in [3.8, 4) is 0 Å². The average Bonchev–Trinajstić information content (AvgIpc) is 2.29. The van der Waals surface area contributed by atoms with Crippen LogP contribution in [0.4, 0.5) is 11.6 Å². The van der Waals surface area contributed by atoms with Gasteiger partial charge in [-0.2, -0.15) is 0 Å². The molecule has 1 aromatic heterocycles. The molecule has 0 radical (unpaired) electrons. The molecule has 17 heavy (non-hydrogen) atoms. The van der Waals surface area contributed by atoms with Crippen LogP contribution >= 0.6 is 0 Å². The van der Waals surface area contributed by atoms with Crippen LogP contribution < -0.4 is 11.1 Å². The molecule has 0 aromatic carbocycles. The molecule has 0 aliphatic carbocycles. The van der Waals surface area contributed by atoms with E-state index in [4.69, 9.17) is 5.73 Å². The molecule has 0 spiro atoms. The summed E-state index contributed by atoms with van der Waals surface area (Å²) in [5.41, 5.74) is 6.71. The van der Waals surface area contributed by atoms with E-state index >= 15 is 0 Å². The van der Waals surface area contributed by atoms with Gasteiger partial charge in [-0.3, -0.25) is 4.21 Å². The van der Waals surface area contributed by atoms with Crippen molar-refractivity contribution in [1.29, 1.82) is 0 Å². The molecule has 1 heterocycles. The number of nitrogens with one attached hydrogen (secondary N) is 1. The summed E-state index contributed by atoms with van der Waals surface area (Å²) >= 11 is 0. The molecule has 1 rings (SSSR count). The molecule has 0 aliphatic rings. The smallest absolute Gasteiger partial charge is 0.134 e. The monoisotopic (exact) mass is 256 g/mol. The first-order chi connectivity index (χ1) is 8.06. The minimum Gasteiger partial charge on any atom is -0.383 e. The zero-order valence-electron chi connectivity index (χ0n) is 10.6. The minimum atomic E-state index is -0.777. The Kier molecular flexibility index (Phi) is 5.34. The Bertz CT molecular complexity index is 397. The standard InChI is InChI=1S/C11H20N4OS/c1-4-9-10(12)14-7-15-11(9)13-6-5-8(2)17(3)16/h7-8H,4-6H2,1-3H3,(H3,12,13,14,15). The van der Waals surface area contributed by atoms with Gasteiger partial charge in [-0.15, -0.1) is 0 Å². The highest BCUT2D eigenvalue weighted by Gasteiger charge is 2.09. The molecule has 6 heteroatoms. The molecule has 0 fully saturated rings. The van der Waals surface area contributed by atoms with Crippen LogP contribution in [-0.4, -0.2) is 32.2 Å². The van der Waals surface area contributed by atoms with Crippen molar-refractivity contribution in [2.75, 3.05) is 23.9 Å². The van der Waals surface area contributed by atoms with Crippen LogP contribution in [0.25, 0.3) is 0 Å². The Labute approximate surface area is 105 Å². The van der Waals surface area contributed by atoms with Crippen molar-refractivity contribution in [1.82, 2.24) is 9.97 Å². The quantitative estimate of drug-likeness (QED) is 0.799. The van der Waals surface area contributed by atoms with Gasteiger partial charge in [-0.1, -0.05) is 13.8 Å². The van der Waals surface area contributed by atoms with Crippen molar-refractivity contribution in [2.24, 2.45) is 0 Å². The Balaban J connectivity index is 2.58. The van der Waals surface area contributed by atoms with Crippen molar-refractivity contribution >= 4 is 22.4 Å². The maximum atomic E-state index is 11.2. The Hall–Kier alpha value is -1.17. The second-order valence-corrected chi connectivity index (χ2v) is 5.77. The number of hydrogen-bond acceptors (Lipinski definition) is 5. The zero-order valence-corrected chi connectivity index (χ0v) is 11.4. The Morgan fingerprint density at radius 3 is 2.82 bits per heavy atom. The van der Waals surface area contributed by atoms with Gasteiger partial charge in [0, 0.05) is 34.4 Å². The number of nitrogen functional groups attached to an aromatic ring is 1. The normalized spacial score (nSPS) is 14.3. The third-order valence-electron chi connectivity index (χ3n) is 2.74. The predicted molar refractivity (Wildman–Crippen MR) is 72.5 cm³/mol. The van der Waals surface area contributed by atoms with E-state index in [1.54, 1.807) is 6.26 Å². The number of hydrogen-bond donors (Lipinski definition) is 2. The predicted octanol–water partition coefficient (Wildman–Crippen LogP) is 1.19. The fraction of sp³-hybridized carbons (Fsp3) is 0.636. The summed E-state index contributed by atoms with van der Waals surface area (Å²) in [6, 6.07) is 0. The lowest BCUT2D eigenvalue weighted by molar-refractivity contribution is 0.672. The molecule has 0 bridgehead atoms. The van der Waals surface area contributed by atoms with Crippen molar-refractivity contribution < 1.29 is 4.21 Å². The fourth-order valence-corrected chi connectivity index (χ4v) is 1.94.